The Morgan fingerprint density at radius 2 is 1.52 bits per heavy atom. The average molecular weight is 386 g/mol. The molecule has 0 aliphatic heterocycles. The third-order valence-corrected chi connectivity index (χ3v) is 4.32. The summed E-state index contributed by atoms with van der Waals surface area (Å²) in [5.74, 6) is -1.96. The zero-order valence-electron chi connectivity index (χ0n) is 15.8. The smallest absolute Gasteiger partial charge is 0.748 e. The predicted molar refractivity (Wildman–Crippen MR) is 92.4 cm³/mol. The summed E-state index contributed by atoms with van der Waals surface area (Å²) in [4.78, 5) is 23.7. The van der Waals surface area contributed by atoms with Gasteiger partial charge >= 0.3 is 29.6 Å². The van der Waals surface area contributed by atoms with Gasteiger partial charge in [0, 0.05) is 13.0 Å². The summed E-state index contributed by atoms with van der Waals surface area (Å²) in [5, 5.41) is 4.86. The van der Waals surface area contributed by atoms with Gasteiger partial charge in [-0.25, -0.2) is 8.42 Å². The molecule has 0 aromatic rings. The molecule has 0 radical (unpaired) electrons. The van der Waals surface area contributed by atoms with Crippen LogP contribution in [-0.2, 0) is 19.7 Å². The van der Waals surface area contributed by atoms with Crippen LogP contribution < -0.4 is 40.2 Å². The Hall–Kier alpha value is -0.150. The number of hydrogen-bond acceptors (Lipinski definition) is 5. The van der Waals surface area contributed by atoms with E-state index in [0.29, 0.717) is 19.4 Å². The first-order chi connectivity index (χ1) is 11.3. The van der Waals surface area contributed by atoms with Gasteiger partial charge in [-0.2, -0.15) is 0 Å². The van der Waals surface area contributed by atoms with Crippen LogP contribution in [0.15, 0.2) is 0 Å². The van der Waals surface area contributed by atoms with E-state index in [1.807, 2.05) is 6.92 Å². The third-order valence-electron chi connectivity index (χ3n) is 3.58. The first-order valence-corrected chi connectivity index (χ1v) is 10.4. The van der Waals surface area contributed by atoms with Crippen LogP contribution in [0.1, 0.15) is 71.6 Å². The molecule has 0 bridgehead atoms. The molecule has 2 N–H and O–H groups in total. The Morgan fingerprint density at radius 1 is 0.960 bits per heavy atom. The van der Waals surface area contributed by atoms with Crippen molar-refractivity contribution in [1.82, 2.24) is 10.6 Å². The second kappa shape index (κ2) is 16.1. The van der Waals surface area contributed by atoms with E-state index in [0.717, 1.165) is 19.3 Å². The number of hydrogen-bond donors (Lipinski definition) is 2. The second-order valence-corrected chi connectivity index (χ2v) is 7.46. The monoisotopic (exact) mass is 386 g/mol. The van der Waals surface area contributed by atoms with Crippen molar-refractivity contribution in [2.75, 3.05) is 12.3 Å². The molecule has 7 nitrogen and oxygen atoms in total. The molecule has 0 spiro atoms. The third kappa shape index (κ3) is 17.0. The van der Waals surface area contributed by atoms with E-state index in [-0.39, 0.29) is 36.0 Å². The van der Waals surface area contributed by atoms with E-state index in [1.54, 1.807) is 0 Å². The van der Waals surface area contributed by atoms with Gasteiger partial charge in [-0.3, -0.25) is 9.59 Å². The summed E-state index contributed by atoms with van der Waals surface area (Å²) >= 11 is 0. The minimum absolute atomic E-state index is 0. The first-order valence-electron chi connectivity index (χ1n) is 8.80. The van der Waals surface area contributed by atoms with Crippen LogP contribution in [0.5, 0.6) is 0 Å². The number of rotatable bonds is 14. The molecule has 0 aliphatic rings. The summed E-state index contributed by atoms with van der Waals surface area (Å²) in [6.45, 7) is 4.36. The van der Waals surface area contributed by atoms with Crippen molar-refractivity contribution >= 4 is 21.9 Å². The molecule has 0 aliphatic carbocycles. The topological polar surface area (TPSA) is 115 Å². The summed E-state index contributed by atoms with van der Waals surface area (Å²) in [5.41, 5.74) is 0. The Morgan fingerprint density at radius 3 is 2.04 bits per heavy atom. The largest absolute Gasteiger partial charge is 1.00 e. The number of amides is 2. The molecule has 0 aromatic heterocycles. The minimum atomic E-state index is -4.60. The molecule has 1 unspecified atom stereocenters. The van der Waals surface area contributed by atoms with Crippen LogP contribution in [0.3, 0.4) is 0 Å². The fraction of sp³-hybridized carbons (Fsp3) is 0.875. The van der Waals surface area contributed by atoms with Gasteiger partial charge in [-0.1, -0.05) is 52.4 Å². The molecule has 9 heteroatoms. The van der Waals surface area contributed by atoms with Crippen LogP contribution >= 0.6 is 0 Å². The predicted octanol–water partition coefficient (Wildman–Crippen LogP) is -1.31. The molecular formula is C16H31N2NaO5S. The van der Waals surface area contributed by atoms with Gasteiger partial charge in [0.1, 0.15) is 6.04 Å². The normalized spacial score (nSPS) is 12.1. The van der Waals surface area contributed by atoms with Crippen LogP contribution in [0, 0.1) is 0 Å². The summed E-state index contributed by atoms with van der Waals surface area (Å²) < 4.78 is 32.7. The Labute approximate surface area is 174 Å². The Balaban J connectivity index is 0. The van der Waals surface area contributed by atoms with E-state index in [4.69, 9.17) is 0 Å². The maximum atomic E-state index is 11.9. The first kappa shape index (κ1) is 27.1. The average Bonchev–Trinajstić information content (AvgIpc) is 2.49. The molecule has 0 rings (SSSR count). The maximum Gasteiger partial charge on any atom is 1.00 e. The van der Waals surface area contributed by atoms with Gasteiger partial charge in [0.25, 0.3) is 0 Å². The van der Waals surface area contributed by atoms with E-state index in [2.05, 4.69) is 17.6 Å². The van der Waals surface area contributed by atoms with Gasteiger partial charge in [0.15, 0.2) is 0 Å². The molecule has 25 heavy (non-hydrogen) atoms. The number of carbonyl (C=O) groups is 2. The van der Waals surface area contributed by atoms with Gasteiger partial charge in [0.05, 0.1) is 15.9 Å². The zero-order chi connectivity index (χ0) is 18.4. The van der Waals surface area contributed by atoms with Crippen molar-refractivity contribution in [3.8, 4) is 0 Å². The Kier molecular flexibility index (Phi) is 17.4. The molecule has 1 atom stereocenters. The van der Waals surface area contributed by atoms with Crippen LogP contribution in [0.4, 0.5) is 0 Å². The number of unbranched alkanes of at least 4 members (excludes halogenated alkanes) is 6. The molecule has 2 amide bonds. The summed E-state index contributed by atoms with van der Waals surface area (Å²) in [6.07, 6.45) is 8.32. The molecule has 0 saturated carbocycles. The molecule has 0 heterocycles. The van der Waals surface area contributed by atoms with Gasteiger partial charge in [-0.05, 0) is 12.8 Å². The summed E-state index contributed by atoms with van der Waals surface area (Å²) in [6, 6.07) is -1.32. The van der Waals surface area contributed by atoms with E-state index in [9.17, 15) is 22.6 Å². The van der Waals surface area contributed by atoms with Crippen LogP contribution in [0.2, 0.25) is 0 Å². The van der Waals surface area contributed by atoms with Crippen molar-refractivity contribution in [3.05, 3.63) is 0 Å². The van der Waals surface area contributed by atoms with Crippen molar-refractivity contribution in [3.63, 3.8) is 0 Å². The van der Waals surface area contributed by atoms with E-state index < -0.39 is 33.7 Å². The fourth-order valence-corrected chi connectivity index (χ4v) is 2.91. The Bertz CT molecular complexity index is 471. The quantitative estimate of drug-likeness (QED) is 0.218. The van der Waals surface area contributed by atoms with Crippen molar-refractivity contribution in [2.24, 2.45) is 0 Å². The van der Waals surface area contributed by atoms with Crippen molar-refractivity contribution < 1.29 is 52.1 Å². The van der Waals surface area contributed by atoms with Crippen molar-refractivity contribution in [1.29, 1.82) is 0 Å². The summed E-state index contributed by atoms with van der Waals surface area (Å²) in [7, 11) is -4.60. The SMILES string of the molecule is CCCCCCCCCC(=O)NC(CS(=O)(=O)[O-])C(=O)NCCC.[Na+]. The van der Waals surface area contributed by atoms with Crippen molar-refractivity contribution in [2.45, 2.75) is 77.7 Å². The van der Waals surface area contributed by atoms with Gasteiger partial charge < -0.3 is 15.2 Å². The van der Waals surface area contributed by atoms with Crippen LogP contribution in [0.25, 0.3) is 0 Å². The fourth-order valence-electron chi connectivity index (χ4n) is 2.27. The molecule has 0 saturated heterocycles. The zero-order valence-corrected chi connectivity index (χ0v) is 18.6. The number of nitrogens with one attached hydrogen (secondary N) is 2. The van der Waals surface area contributed by atoms with E-state index in [1.165, 1.54) is 19.3 Å². The van der Waals surface area contributed by atoms with Gasteiger partial charge in [-0.15, -0.1) is 0 Å². The molecule has 0 aromatic carbocycles. The molecular weight excluding hydrogens is 355 g/mol. The standard InChI is InChI=1S/C16H32N2O5S.Na/c1-3-5-6-7-8-9-10-11-15(19)18-14(13-24(21,22)23)16(20)17-12-4-2;/h14H,3-13H2,1-2H3,(H,17,20)(H,18,19)(H,21,22,23);/q;+1/p-1. The molecule has 142 valence electrons. The van der Waals surface area contributed by atoms with Crippen LogP contribution in [-0.4, -0.2) is 43.1 Å². The molecule has 0 fully saturated rings. The second-order valence-electron chi connectivity index (χ2n) is 6.01. The number of carbonyl (C=O) groups excluding carboxylic acids is 2. The van der Waals surface area contributed by atoms with E-state index >= 15 is 0 Å². The minimum Gasteiger partial charge on any atom is -0.748 e. The maximum absolute atomic E-state index is 11.9. The van der Waals surface area contributed by atoms with Gasteiger partial charge in [0.2, 0.25) is 11.8 Å².